The summed E-state index contributed by atoms with van der Waals surface area (Å²) in [4.78, 5) is 21.4. The number of aromatic nitrogens is 1. The number of hydrogen-bond donors (Lipinski definition) is 0. The van der Waals surface area contributed by atoms with Crippen molar-refractivity contribution in [3.63, 3.8) is 0 Å². The lowest BCUT2D eigenvalue weighted by Crippen LogP contribution is -2.44. The molecule has 0 saturated carbocycles. The van der Waals surface area contributed by atoms with E-state index in [9.17, 15) is 4.79 Å². The molecular formula is C20H19Cl2N3O3S. The van der Waals surface area contributed by atoms with Crippen molar-refractivity contribution in [3.05, 3.63) is 46.4 Å². The first-order chi connectivity index (χ1) is 14.0. The van der Waals surface area contributed by atoms with E-state index in [4.69, 9.17) is 37.7 Å². The van der Waals surface area contributed by atoms with Crippen LogP contribution in [0.3, 0.4) is 0 Å². The Bertz CT molecular complexity index is 1030. The number of piperazine rings is 1. The van der Waals surface area contributed by atoms with E-state index in [0.717, 1.165) is 41.5 Å². The molecule has 0 unspecified atom stereocenters. The average Bonchev–Trinajstić information content (AvgIpc) is 3.11. The molecule has 1 aliphatic rings. The van der Waals surface area contributed by atoms with Crippen LogP contribution in [0.25, 0.3) is 10.2 Å². The maximum absolute atomic E-state index is 12.1. The van der Waals surface area contributed by atoms with E-state index in [1.54, 1.807) is 35.6 Å². The number of carbonyl (C=O) groups excluding carboxylic acids is 1. The van der Waals surface area contributed by atoms with Crippen LogP contribution >= 0.6 is 34.5 Å². The van der Waals surface area contributed by atoms with Gasteiger partial charge in [0, 0.05) is 37.3 Å². The Balaban J connectivity index is 1.39. The molecule has 1 aliphatic heterocycles. The molecule has 1 saturated heterocycles. The highest BCUT2D eigenvalue weighted by Gasteiger charge is 2.18. The fourth-order valence-electron chi connectivity index (χ4n) is 2.98. The summed E-state index contributed by atoms with van der Waals surface area (Å²) < 4.78 is 11.8. The normalized spacial score (nSPS) is 14.9. The Morgan fingerprint density at radius 2 is 1.93 bits per heavy atom. The van der Waals surface area contributed by atoms with Gasteiger partial charge < -0.3 is 19.3 Å². The molecular weight excluding hydrogens is 433 g/mol. The van der Waals surface area contributed by atoms with Crippen LogP contribution in [0.2, 0.25) is 10.0 Å². The molecule has 6 nitrogen and oxygen atoms in total. The average molecular weight is 452 g/mol. The zero-order valence-electron chi connectivity index (χ0n) is 15.7. The van der Waals surface area contributed by atoms with E-state index in [1.165, 1.54) is 0 Å². The van der Waals surface area contributed by atoms with Gasteiger partial charge in [-0.05, 0) is 37.4 Å². The number of rotatable bonds is 5. The van der Waals surface area contributed by atoms with Gasteiger partial charge in [0.1, 0.15) is 11.5 Å². The molecule has 152 valence electrons. The molecule has 0 atom stereocenters. The first-order valence-electron chi connectivity index (χ1n) is 9.10. The Hall–Kier alpha value is -2.06. The zero-order chi connectivity index (χ0) is 20.4. The van der Waals surface area contributed by atoms with Crippen molar-refractivity contribution in [3.8, 4) is 11.5 Å². The number of likely N-dealkylation sites (N-methyl/N-ethyl adjacent to an activating group) is 1. The van der Waals surface area contributed by atoms with Crippen molar-refractivity contribution in [1.29, 1.82) is 0 Å². The second-order valence-electron chi connectivity index (χ2n) is 6.75. The summed E-state index contributed by atoms with van der Waals surface area (Å²) in [5.41, 5.74) is 0.896. The van der Waals surface area contributed by atoms with E-state index in [2.05, 4.69) is 16.8 Å². The molecule has 0 aliphatic carbocycles. The molecule has 0 bridgehead atoms. The third-order valence-electron chi connectivity index (χ3n) is 4.59. The van der Waals surface area contributed by atoms with E-state index in [-0.39, 0.29) is 6.61 Å². The highest BCUT2D eigenvalue weighted by molar-refractivity contribution is 7.22. The number of benzene rings is 2. The van der Waals surface area contributed by atoms with Crippen molar-refractivity contribution in [2.75, 3.05) is 44.7 Å². The van der Waals surface area contributed by atoms with Crippen LogP contribution in [-0.4, -0.2) is 55.7 Å². The highest BCUT2D eigenvalue weighted by Crippen LogP contribution is 2.32. The lowest BCUT2D eigenvalue weighted by molar-refractivity contribution is -0.136. The van der Waals surface area contributed by atoms with Gasteiger partial charge in [0.2, 0.25) is 0 Å². The molecule has 0 N–H and O–H groups in total. The first kappa shape index (κ1) is 20.2. The van der Waals surface area contributed by atoms with Crippen LogP contribution < -0.4 is 14.4 Å². The summed E-state index contributed by atoms with van der Waals surface area (Å²) in [6, 6.07) is 10.2. The highest BCUT2D eigenvalue weighted by atomic mass is 35.5. The molecule has 0 amide bonds. The molecule has 1 aromatic heterocycles. The van der Waals surface area contributed by atoms with Gasteiger partial charge in [-0.1, -0.05) is 34.5 Å². The lowest BCUT2D eigenvalue weighted by atomic mass is 10.3. The van der Waals surface area contributed by atoms with Gasteiger partial charge in [0.05, 0.1) is 15.2 Å². The number of ether oxygens (including phenoxy) is 2. The standard InChI is InChI=1S/C20H19Cl2N3O3S/c1-24-6-8-25(9-7-24)20-23-16-4-3-14(11-18(16)29-20)28-19(26)12-27-17-5-2-13(21)10-15(17)22/h2-5,10-11H,6-9,12H2,1H3. The second-order valence-corrected chi connectivity index (χ2v) is 8.61. The van der Waals surface area contributed by atoms with Crippen LogP contribution in [0.15, 0.2) is 36.4 Å². The van der Waals surface area contributed by atoms with Gasteiger partial charge in [-0.25, -0.2) is 9.78 Å². The minimum absolute atomic E-state index is 0.255. The van der Waals surface area contributed by atoms with Crippen molar-refractivity contribution in [2.24, 2.45) is 0 Å². The third kappa shape index (κ3) is 4.93. The van der Waals surface area contributed by atoms with Crippen LogP contribution in [-0.2, 0) is 4.79 Å². The number of fused-ring (bicyclic) bond motifs is 1. The van der Waals surface area contributed by atoms with Crippen molar-refractivity contribution >= 4 is 55.9 Å². The Morgan fingerprint density at radius 1 is 1.14 bits per heavy atom. The Kier molecular flexibility index (Phi) is 6.10. The smallest absolute Gasteiger partial charge is 0.349 e. The summed E-state index contributed by atoms with van der Waals surface area (Å²) in [6.07, 6.45) is 0. The maximum Gasteiger partial charge on any atom is 0.349 e. The van der Waals surface area contributed by atoms with E-state index < -0.39 is 5.97 Å². The number of esters is 1. The summed E-state index contributed by atoms with van der Waals surface area (Å²) in [5, 5.41) is 1.84. The van der Waals surface area contributed by atoms with Crippen molar-refractivity contribution in [1.82, 2.24) is 9.88 Å². The molecule has 0 radical (unpaired) electrons. The van der Waals surface area contributed by atoms with Gasteiger partial charge in [0.15, 0.2) is 11.7 Å². The SMILES string of the molecule is CN1CCN(c2nc3ccc(OC(=O)COc4ccc(Cl)cc4Cl)cc3s2)CC1. The fraction of sp³-hybridized carbons (Fsp3) is 0.300. The zero-order valence-corrected chi connectivity index (χ0v) is 18.1. The van der Waals surface area contributed by atoms with E-state index in [1.807, 2.05) is 12.1 Å². The summed E-state index contributed by atoms with van der Waals surface area (Å²) in [5.74, 6) is 0.323. The molecule has 1 fully saturated rings. The minimum atomic E-state index is -0.515. The molecule has 29 heavy (non-hydrogen) atoms. The van der Waals surface area contributed by atoms with Crippen LogP contribution in [0.4, 0.5) is 5.13 Å². The molecule has 2 aromatic carbocycles. The third-order valence-corrected chi connectivity index (χ3v) is 6.20. The van der Waals surface area contributed by atoms with Crippen molar-refractivity contribution < 1.29 is 14.3 Å². The first-order valence-corrected chi connectivity index (χ1v) is 10.7. The Labute approximate surface area is 182 Å². The second kappa shape index (κ2) is 8.75. The van der Waals surface area contributed by atoms with Crippen molar-refractivity contribution in [2.45, 2.75) is 0 Å². The number of anilines is 1. The molecule has 3 aromatic rings. The predicted molar refractivity (Wildman–Crippen MR) is 117 cm³/mol. The molecule has 9 heteroatoms. The monoisotopic (exact) mass is 451 g/mol. The van der Waals surface area contributed by atoms with Gasteiger partial charge in [-0.2, -0.15) is 0 Å². The summed E-state index contributed by atoms with van der Waals surface area (Å²) >= 11 is 13.5. The summed E-state index contributed by atoms with van der Waals surface area (Å²) in [6.45, 7) is 3.72. The molecule has 2 heterocycles. The van der Waals surface area contributed by atoms with Crippen LogP contribution in [0.5, 0.6) is 11.5 Å². The topological polar surface area (TPSA) is 54.9 Å². The number of thiazole rings is 1. The number of carbonyl (C=O) groups is 1. The molecule has 4 rings (SSSR count). The maximum atomic E-state index is 12.1. The fourth-order valence-corrected chi connectivity index (χ4v) is 4.49. The minimum Gasteiger partial charge on any atom is -0.480 e. The van der Waals surface area contributed by atoms with Gasteiger partial charge in [-0.15, -0.1) is 0 Å². The number of hydrogen-bond acceptors (Lipinski definition) is 7. The van der Waals surface area contributed by atoms with E-state index in [0.29, 0.717) is 21.5 Å². The van der Waals surface area contributed by atoms with Gasteiger partial charge >= 0.3 is 5.97 Å². The quantitative estimate of drug-likeness (QED) is 0.424. The van der Waals surface area contributed by atoms with Crippen LogP contribution in [0.1, 0.15) is 0 Å². The molecule has 0 spiro atoms. The number of nitrogens with zero attached hydrogens (tertiary/aromatic N) is 3. The summed E-state index contributed by atoms with van der Waals surface area (Å²) in [7, 11) is 2.13. The Morgan fingerprint density at radius 3 is 2.69 bits per heavy atom. The van der Waals surface area contributed by atoms with Gasteiger partial charge in [-0.3, -0.25) is 0 Å². The predicted octanol–water partition coefficient (Wildman–Crippen LogP) is 4.34. The number of halogens is 2. The van der Waals surface area contributed by atoms with E-state index >= 15 is 0 Å². The van der Waals surface area contributed by atoms with Gasteiger partial charge in [0.25, 0.3) is 0 Å². The van der Waals surface area contributed by atoms with Crippen LogP contribution in [0, 0.1) is 0 Å². The lowest BCUT2D eigenvalue weighted by Gasteiger charge is -2.31. The largest absolute Gasteiger partial charge is 0.480 e.